The molecule has 20 heavy (non-hydrogen) atoms. The lowest BCUT2D eigenvalue weighted by Crippen LogP contribution is -2.51. The van der Waals surface area contributed by atoms with Crippen LogP contribution in [0.25, 0.3) is 0 Å². The van der Waals surface area contributed by atoms with Crippen molar-refractivity contribution in [3.05, 3.63) is 51.7 Å². The number of hydrogen-bond acceptors (Lipinski definition) is 5. The van der Waals surface area contributed by atoms with Crippen molar-refractivity contribution >= 4 is 17.5 Å². The largest absolute Gasteiger partial charge is 0.394 e. The van der Waals surface area contributed by atoms with Gasteiger partial charge in [-0.1, -0.05) is 19.1 Å². The normalized spacial score (nSPS) is 22.1. The van der Waals surface area contributed by atoms with Gasteiger partial charge in [0, 0.05) is 12.1 Å². The highest BCUT2D eigenvalue weighted by Gasteiger charge is 2.41. The van der Waals surface area contributed by atoms with E-state index in [2.05, 4.69) is 5.32 Å². The number of nitrogens with two attached hydrogens (primary N) is 1. The lowest BCUT2D eigenvalue weighted by atomic mass is 9.75. The lowest BCUT2D eigenvalue weighted by molar-refractivity contribution is -0.384. The van der Waals surface area contributed by atoms with Crippen LogP contribution in [-0.2, 0) is 15.0 Å². The molecule has 104 valence electrons. The van der Waals surface area contributed by atoms with E-state index in [1.807, 2.05) is 0 Å². The summed E-state index contributed by atoms with van der Waals surface area (Å²) in [5.41, 5.74) is 4.97. The van der Waals surface area contributed by atoms with E-state index in [9.17, 15) is 19.7 Å². The summed E-state index contributed by atoms with van der Waals surface area (Å²) in [4.78, 5) is 33.7. The maximum atomic E-state index is 12.2. The molecule has 7 heteroatoms. The van der Waals surface area contributed by atoms with Crippen molar-refractivity contribution in [3.8, 4) is 0 Å². The second-order valence-electron chi connectivity index (χ2n) is 4.51. The molecule has 0 unspecified atom stereocenters. The molecule has 2 rings (SSSR count). The Hall–Kier alpha value is -2.70. The predicted molar refractivity (Wildman–Crippen MR) is 70.5 cm³/mol. The molecule has 0 radical (unpaired) electrons. The Bertz CT molecular complexity index is 621. The Morgan fingerprint density at radius 3 is 2.40 bits per heavy atom. The monoisotopic (exact) mass is 275 g/mol. The van der Waals surface area contributed by atoms with Gasteiger partial charge in [-0.15, -0.1) is 0 Å². The Kier molecular flexibility index (Phi) is 3.27. The highest BCUT2D eigenvalue weighted by atomic mass is 16.6. The number of carbonyl (C=O) groups is 2. The zero-order chi connectivity index (χ0) is 14.9. The maximum absolute atomic E-state index is 12.2. The first kappa shape index (κ1) is 13.7. The molecule has 0 aromatic heterocycles. The van der Waals surface area contributed by atoms with Gasteiger partial charge in [-0.3, -0.25) is 25.0 Å². The van der Waals surface area contributed by atoms with Crippen molar-refractivity contribution in [2.75, 3.05) is 0 Å². The first-order chi connectivity index (χ1) is 9.40. The highest BCUT2D eigenvalue weighted by Crippen LogP contribution is 2.33. The highest BCUT2D eigenvalue weighted by molar-refractivity contribution is 6.11. The lowest BCUT2D eigenvalue weighted by Gasteiger charge is -2.32. The van der Waals surface area contributed by atoms with Gasteiger partial charge in [0.2, 0.25) is 5.91 Å². The van der Waals surface area contributed by atoms with Gasteiger partial charge in [0.05, 0.1) is 16.0 Å². The van der Waals surface area contributed by atoms with Crippen LogP contribution in [0.3, 0.4) is 0 Å². The number of rotatable bonds is 3. The quantitative estimate of drug-likeness (QED) is 0.479. The van der Waals surface area contributed by atoms with Crippen molar-refractivity contribution in [1.29, 1.82) is 0 Å². The van der Waals surface area contributed by atoms with Crippen LogP contribution < -0.4 is 11.1 Å². The summed E-state index contributed by atoms with van der Waals surface area (Å²) in [6.07, 6.45) is 1.79. The van der Waals surface area contributed by atoms with Crippen LogP contribution in [0.1, 0.15) is 18.9 Å². The van der Waals surface area contributed by atoms with E-state index in [1.165, 1.54) is 30.3 Å². The van der Waals surface area contributed by atoms with Gasteiger partial charge >= 0.3 is 0 Å². The molecule has 3 N–H and O–H groups in total. The zero-order valence-corrected chi connectivity index (χ0v) is 10.8. The molecule has 0 aliphatic carbocycles. The zero-order valence-electron chi connectivity index (χ0n) is 10.8. The predicted octanol–water partition coefficient (Wildman–Crippen LogP) is 0.742. The minimum atomic E-state index is -1.08. The van der Waals surface area contributed by atoms with E-state index in [0.717, 1.165) is 0 Å². The summed E-state index contributed by atoms with van der Waals surface area (Å²) in [6.45, 7) is 1.78. The van der Waals surface area contributed by atoms with Gasteiger partial charge in [-0.25, -0.2) is 0 Å². The number of nitrogens with one attached hydrogen (secondary N) is 1. The van der Waals surface area contributed by atoms with Crippen LogP contribution in [0.4, 0.5) is 5.69 Å². The van der Waals surface area contributed by atoms with Crippen LogP contribution in [0.15, 0.2) is 36.0 Å². The van der Waals surface area contributed by atoms with Crippen LogP contribution >= 0.6 is 0 Å². The fourth-order valence-electron chi connectivity index (χ4n) is 2.25. The smallest absolute Gasteiger partial charge is 0.273 e. The average Bonchev–Trinajstić information content (AvgIpc) is 2.43. The van der Waals surface area contributed by atoms with Gasteiger partial charge in [-0.05, 0) is 18.1 Å². The molecule has 1 aliphatic rings. The molecule has 0 bridgehead atoms. The molecule has 1 aliphatic heterocycles. The minimum Gasteiger partial charge on any atom is -0.394 e. The van der Waals surface area contributed by atoms with Crippen molar-refractivity contribution < 1.29 is 14.5 Å². The molecule has 0 saturated heterocycles. The van der Waals surface area contributed by atoms with Crippen LogP contribution in [-0.4, -0.2) is 16.7 Å². The molecule has 2 amide bonds. The molecule has 0 fully saturated rings. The van der Waals surface area contributed by atoms with Crippen LogP contribution in [0.2, 0.25) is 0 Å². The minimum absolute atomic E-state index is 0.0372. The third-order valence-electron chi connectivity index (χ3n) is 3.45. The Labute approximate surface area is 114 Å². The molecule has 1 aromatic carbocycles. The molecule has 0 spiro atoms. The summed E-state index contributed by atoms with van der Waals surface area (Å²) in [5, 5.41) is 12.8. The van der Waals surface area contributed by atoms with Crippen LogP contribution in [0.5, 0.6) is 0 Å². The van der Waals surface area contributed by atoms with Gasteiger partial charge in [-0.2, -0.15) is 0 Å². The first-order valence-electron chi connectivity index (χ1n) is 6.00. The van der Waals surface area contributed by atoms with Gasteiger partial charge in [0.1, 0.15) is 0 Å². The van der Waals surface area contributed by atoms with Crippen molar-refractivity contribution in [2.45, 2.75) is 18.8 Å². The van der Waals surface area contributed by atoms with E-state index in [1.54, 1.807) is 6.92 Å². The topological polar surface area (TPSA) is 115 Å². The number of nitro benzene ring substituents is 1. The third kappa shape index (κ3) is 2.03. The molecular formula is C13H13N3O4. The number of amides is 2. The Morgan fingerprint density at radius 1 is 1.30 bits per heavy atom. The van der Waals surface area contributed by atoms with Gasteiger partial charge < -0.3 is 5.73 Å². The van der Waals surface area contributed by atoms with E-state index < -0.39 is 22.2 Å². The SMILES string of the molecule is CC[C@]1(c2ccc([N+](=O)[O-])cc2)C=C(N)C(=O)NC1=O. The molecule has 1 aromatic rings. The Balaban J connectivity index is 2.53. The van der Waals surface area contributed by atoms with E-state index in [4.69, 9.17) is 5.73 Å². The molecule has 7 nitrogen and oxygen atoms in total. The van der Waals surface area contributed by atoms with E-state index in [-0.39, 0.29) is 11.4 Å². The summed E-state index contributed by atoms with van der Waals surface area (Å²) < 4.78 is 0. The number of imide groups is 1. The van der Waals surface area contributed by atoms with Crippen LogP contribution in [0, 0.1) is 10.1 Å². The van der Waals surface area contributed by atoms with E-state index in [0.29, 0.717) is 12.0 Å². The van der Waals surface area contributed by atoms with Crippen molar-refractivity contribution in [1.82, 2.24) is 5.32 Å². The van der Waals surface area contributed by atoms with Crippen molar-refractivity contribution in [2.24, 2.45) is 5.73 Å². The fourth-order valence-corrected chi connectivity index (χ4v) is 2.25. The van der Waals surface area contributed by atoms with Gasteiger partial charge in [0.25, 0.3) is 11.6 Å². The second kappa shape index (κ2) is 4.76. The first-order valence-corrected chi connectivity index (χ1v) is 6.00. The summed E-state index contributed by atoms with van der Waals surface area (Å²) >= 11 is 0. The van der Waals surface area contributed by atoms with E-state index >= 15 is 0 Å². The molecular weight excluding hydrogens is 262 g/mol. The standard InChI is InChI=1S/C13H13N3O4/c1-2-13(7-10(14)11(17)15-12(13)18)8-3-5-9(6-4-8)16(19)20/h3-7H,2,14H2,1H3,(H,15,17,18)/t13-/m1/s1. The number of nitrogens with zero attached hydrogens (tertiary/aromatic N) is 1. The summed E-state index contributed by atoms with van der Waals surface area (Å²) in [5.74, 6) is -1.10. The summed E-state index contributed by atoms with van der Waals surface area (Å²) in [7, 11) is 0. The number of benzene rings is 1. The maximum Gasteiger partial charge on any atom is 0.273 e. The number of nitro groups is 1. The average molecular weight is 275 g/mol. The molecule has 1 atom stereocenters. The number of carbonyl (C=O) groups excluding carboxylic acids is 2. The Morgan fingerprint density at radius 2 is 1.90 bits per heavy atom. The molecule has 0 saturated carbocycles. The number of non-ortho nitro benzene ring substituents is 1. The third-order valence-corrected chi connectivity index (χ3v) is 3.45. The van der Waals surface area contributed by atoms with Gasteiger partial charge in [0.15, 0.2) is 0 Å². The second-order valence-corrected chi connectivity index (χ2v) is 4.51. The fraction of sp³-hybridized carbons (Fsp3) is 0.231. The van der Waals surface area contributed by atoms with Crippen molar-refractivity contribution in [3.63, 3.8) is 0 Å². The number of hydrogen-bond donors (Lipinski definition) is 2. The molecule has 1 heterocycles. The summed E-state index contributed by atoms with van der Waals surface area (Å²) in [6, 6.07) is 5.64.